The van der Waals surface area contributed by atoms with E-state index < -0.39 is 5.41 Å². The number of fused-ring (bicyclic) bond motifs is 11. The summed E-state index contributed by atoms with van der Waals surface area (Å²) in [6.45, 7) is 9.47. The average Bonchev–Trinajstić information content (AvgIpc) is 3.92. The van der Waals surface area contributed by atoms with Crippen molar-refractivity contribution in [2.45, 2.75) is 88.1 Å². The molecular weight excluding hydrogens is 913 g/mol. The minimum Gasteiger partial charge on any atom is -0.320 e. The number of anilines is 12. The first-order chi connectivity index (χ1) is 36.4. The summed E-state index contributed by atoms with van der Waals surface area (Å²) in [7, 11) is 0. The second-order valence-corrected chi connectivity index (χ2v) is 20.6. The lowest BCUT2D eigenvalue weighted by Crippen LogP contribution is -2.62. The molecule has 0 saturated heterocycles. The van der Waals surface area contributed by atoms with Crippen LogP contribution in [-0.4, -0.2) is 66.2 Å². The Morgan fingerprint density at radius 1 is 0.365 bits per heavy atom. The van der Waals surface area contributed by atoms with Gasteiger partial charge in [-0.2, -0.15) is 0 Å². The number of benzene rings is 6. The summed E-state index contributed by atoms with van der Waals surface area (Å²) in [5.74, 6) is 4.96. The number of rotatable bonds is 6. The SMILES string of the molecule is CC1CC(C)N(c2ccccc2C2(C3c4ccccc4N4c5nccnc5N(c5ccccc5)C(C)C34)CC3C(C)N(c4ccccc4)c4nccnc4N3c3ccccc32)c2nccnc2N1c1ccccc1. The lowest BCUT2D eigenvalue weighted by Gasteiger charge is -2.58. The van der Waals surface area contributed by atoms with Crippen LogP contribution in [0.5, 0.6) is 0 Å². The maximum Gasteiger partial charge on any atom is 0.177 e. The van der Waals surface area contributed by atoms with Crippen molar-refractivity contribution < 1.29 is 0 Å². The quantitative estimate of drug-likeness (QED) is 0.159. The van der Waals surface area contributed by atoms with E-state index in [1.54, 1.807) is 0 Å². The fourth-order valence-corrected chi connectivity index (χ4v) is 14.0. The van der Waals surface area contributed by atoms with Gasteiger partial charge in [0.1, 0.15) is 0 Å². The van der Waals surface area contributed by atoms with Gasteiger partial charge in [0.2, 0.25) is 0 Å². The number of para-hydroxylation sites is 6. The maximum atomic E-state index is 5.34. The topological polar surface area (TPSA) is 96.8 Å². The molecule has 0 spiro atoms. The van der Waals surface area contributed by atoms with Gasteiger partial charge in [0.15, 0.2) is 34.9 Å². The van der Waals surface area contributed by atoms with E-state index in [9.17, 15) is 0 Å². The zero-order valence-electron chi connectivity index (χ0n) is 41.9. The first-order valence-corrected chi connectivity index (χ1v) is 26.1. The molecule has 0 saturated carbocycles. The number of hydrogen-bond donors (Lipinski definition) is 0. The van der Waals surface area contributed by atoms with Gasteiger partial charge in [0, 0.05) is 94.7 Å². The molecular formula is C62H56N12. The lowest BCUT2D eigenvalue weighted by molar-refractivity contribution is 0.276. The van der Waals surface area contributed by atoms with Crippen molar-refractivity contribution >= 4 is 69.0 Å². The van der Waals surface area contributed by atoms with Crippen molar-refractivity contribution in [3.8, 4) is 0 Å². The molecule has 12 heteroatoms. The van der Waals surface area contributed by atoms with Crippen LogP contribution in [0, 0.1) is 0 Å². The highest BCUT2D eigenvalue weighted by molar-refractivity contribution is 5.89. The predicted molar refractivity (Wildman–Crippen MR) is 296 cm³/mol. The summed E-state index contributed by atoms with van der Waals surface area (Å²) >= 11 is 0. The Morgan fingerprint density at radius 2 is 0.743 bits per heavy atom. The molecule has 0 aliphatic carbocycles. The van der Waals surface area contributed by atoms with E-state index in [0.29, 0.717) is 0 Å². The van der Waals surface area contributed by atoms with E-state index in [0.717, 1.165) is 81.9 Å². The van der Waals surface area contributed by atoms with Crippen LogP contribution in [0.1, 0.15) is 63.1 Å². The average molecular weight is 969 g/mol. The number of aromatic nitrogens is 6. The fraction of sp³-hybridized carbons (Fsp3) is 0.226. The Balaban J connectivity index is 1.08. The first-order valence-electron chi connectivity index (χ1n) is 26.1. The molecule has 364 valence electrons. The van der Waals surface area contributed by atoms with Crippen LogP contribution in [-0.2, 0) is 5.41 Å². The van der Waals surface area contributed by atoms with E-state index in [2.05, 4.69) is 221 Å². The molecule has 5 aliphatic heterocycles. The van der Waals surface area contributed by atoms with Crippen molar-refractivity contribution in [3.05, 3.63) is 218 Å². The van der Waals surface area contributed by atoms with Gasteiger partial charge in [-0.1, -0.05) is 109 Å². The second-order valence-electron chi connectivity index (χ2n) is 20.6. The lowest BCUT2D eigenvalue weighted by atomic mass is 9.55. The van der Waals surface area contributed by atoms with Gasteiger partial charge in [-0.15, -0.1) is 0 Å². The van der Waals surface area contributed by atoms with Crippen LogP contribution in [0.3, 0.4) is 0 Å². The summed E-state index contributed by atoms with van der Waals surface area (Å²) < 4.78 is 0. The van der Waals surface area contributed by atoms with Gasteiger partial charge >= 0.3 is 0 Å². The van der Waals surface area contributed by atoms with Crippen molar-refractivity contribution in [1.82, 2.24) is 29.9 Å². The van der Waals surface area contributed by atoms with E-state index in [-0.39, 0.29) is 42.2 Å². The molecule has 8 unspecified atom stereocenters. The molecule has 3 aromatic heterocycles. The van der Waals surface area contributed by atoms with Gasteiger partial charge in [-0.3, -0.25) is 0 Å². The number of hydrogen-bond acceptors (Lipinski definition) is 12. The summed E-state index contributed by atoms with van der Waals surface area (Å²) in [6, 6.07) is 59.6. The Kier molecular flexibility index (Phi) is 10.3. The minimum absolute atomic E-state index is 0.0312. The van der Waals surface area contributed by atoms with E-state index in [4.69, 9.17) is 29.9 Å². The third-order valence-corrected chi connectivity index (χ3v) is 16.7. The second kappa shape index (κ2) is 17.3. The minimum atomic E-state index is -0.713. The highest BCUT2D eigenvalue weighted by Gasteiger charge is 2.63. The van der Waals surface area contributed by atoms with Gasteiger partial charge in [-0.05, 0) is 112 Å². The first kappa shape index (κ1) is 44.1. The van der Waals surface area contributed by atoms with E-state index in [1.807, 2.05) is 37.2 Å². The Hall–Kier alpha value is -8.64. The molecule has 9 aromatic rings. The smallest absolute Gasteiger partial charge is 0.177 e. The summed E-state index contributed by atoms with van der Waals surface area (Å²) in [5, 5.41) is 0. The molecule has 8 atom stereocenters. The standard InChI is InChI=1S/C62H56N12/c1-40-38-41(2)70(57-56(63-32-33-64-57)69(40)44-20-8-5-9-21-44)51-30-18-15-27-48(51)62(39-53-42(3)71(45-22-10-6-11-23-45)58-60(67-36-34-65-58)73(53)52-31-19-16-28-49(52)62)54-47-26-14-17-29-50(47)74-55(54)43(4)72(46-24-12-7-13-25-46)59-61(74)68-37-35-66-59/h5-37,40-43,53-55H,38-39H2,1-4H3. The third-order valence-electron chi connectivity index (χ3n) is 16.7. The monoisotopic (exact) mass is 968 g/mol. The van der Waals surface area contributed by atoms with Crippen LogP contribution >= 0.6 is 0 Å². The third kappa shape index (κ3) is 6.39. The molecule has 0 amide bonds. The molecule has 5 aliphatic rings. The van der Waals surface area contributed by atoms with Crippen LogP contribution in [0.15, 0.2) is 201 Å². The van der Waals surface area contributed by atoms with Crippen LogP contribution in [0.4, 0.5) is 69.0 Å². The fourth-order valence-electron chi connectivity index (χ4n) is 14.0. The summed E-state index contributed by atoms with van der Waals surface area (Å²) in [6.07, 6.45) is 12.6. The molecule has 12 nitrogen and oxygen atoms in total. The van der Waals surface area contributed by atoms with Crippen molar-refractivity contribution in [1.29, 1.82) is 0 Å². The van der Waals surface area contributed by atoms with Gasteiger partial charge in [0.25, 0.3) is 0 Å². The van der Waals surface area contributed by atoms with Gasteiger partial charge < -0.3 is 29.4 Å². The zero-order chi connectivity index (χ0) is 49.7. The molecule has 0 N–H and O–H groups in total. The zero-order valence-corrected chi connectivity index (χ0v) is 41.9. The highest BCUT2D eigenvalue weighted by Crippen LogP contribution is 2.67. The summed E-state index contributed by atoms with van der Waals surface area (Å²) in [4.78, 5) is 46.2. The van der Waals surface area contributed by atoms with Crippen LogP contribution in [0.2, 0.25) is 0 Å². The summed E-state index contributed by atoms with van der Waals surface area (Å²) in [5.41, 5.74) is 9.73. The largest absolute Gasteiger partial charge is 0.320 e. The van der Waals surface area contributed by atoms with Gasteiger partial charge in [-0.25, -0.2) is 29.9 Å². The molecule has 0 bridgehead atoms. The molecule has 8 heterocycles. The normalized spacial score (nSPS) is 24.4. The maximum absolute atomic E-state index is 5.34. The van der Waals surface area contributed by atoms with Crippen molar-refractivity contribution in [2.24, 2.45) is 0 Å². The Morgan fingerprint density at radius 3 is 1.28 bits per heavy atom. The van der Waals surface area contributed by atoms with Crippen molar-refractivity contribution in [3.63, 3.8) is 0 Å². The molecule has 14 rings (SSSR count). The Labute approximate surface area is 432 Å². The Bertz CT molecular complexity index is 3540. The molecule has 6 aromatic carbocycles. The molecule has 0 fully saturated rings. The molecule has 0 radical (unpaired) electrons. The van der Waals surface area contributed by atoms with Crippen LogP contribution < -0.4 is 29.4 Å². The van der Waals surface area contributed by atoms with E-state index >= 15 is 0 Å². The highest BCUT2D eigenvalue weighted by atomic mass is 15.4. The van der Waals surface area contributed by atoms with E-state index in [1.165, 1.54) is 16.7 Å². The predicted octanol–water partition coefficient (Wildman–Crippen LogP) is 13.1. The van der Waals surface area contributed by atoms with Gasteiger partial charge in [0.05, 0.1) is 24.2 Å². The molecule has 74 heavy (non-hydrogen) atoms. The van der Waals surface area contributed by atoms with Crippen LogP contribution in [0.25, 0.3) is 0 Å². The number of nitrogens with zero attached hydrogens (tertiary/aromatic N) is 12. The van der Waals surface area contributed by atoms with Crippen molar-refractivity contribution in [2.75, 3.05) is 29.4 Å².